The molecule has 0 spiro atoms. The highest BCUT2D eigenvalue weighted by atomic mass is 19.3. The molecule has 25 heavy (non-hydrogen) atoms. The summed E-state index contributed by atoms with van der Waals surface area (Å²) in [4.78, 5) is 27.6. The number of rotatable bonds is 5. The fourth-order valence-corrected chi connectivity index (χ4v) is 2.47. The minimum atomic E-state index is -2.96. The molecule has 0 aliphatic rings. The second-order valence-corrected chi connectivity index (χ2v) is 5.25. The fourth-order valence-electron chi connectivity index (χ4n) is 2.47. The molecule has 0 bridgehead atoms. The molecule has 0 unspecified atom stereocenters. The maximum Gasteiger partial charge on any atom is 0.387 e. The van der Waals surface area contributed by atoms with E-state index in [4.69, 9.17) is 0 Å². The molecule has 2 aromatic carbocycles. The first-order valence-corrected chi connectivity index (χ1v) is 7.47. The first kappa shape index (κ1) is 16.6. The summed E-state index contributed by atoms with van der Waals surface area (Å²) < 4.78 is 29.2. The van der Waals surface area contributed by atoms with Gasteiger partial charge in [-0.3, -0.25) is 9.59 Å². The lowest BCUT2D eigenvalue weighted by Crippen LogP contribution is -2.28. The van der Waals surface area contributed by atoms with E-state index in [0.717, 1.165) is 0 Å². The number of ether oxygens (including phenoxy) is 1. The molecule has 1 aromatic heterocycles. The molecule has 0 radical (unpaired) electrons. The summed E-state index contributed by atoms with van der Waals surface area (Å²) in [7, 11) is 0. The maximum atomic E-state index is 12.4. The smallest absolute Gasteiger partial charge is 0.387 e. The summed E-state index contributed by atoms with van der Waals surface area (Å²) in [6.45, 7) is -3.01. The third-order valence-electron chi connectivity index (χ3n) is 3.66. The van der Waals surface area contributed by atoms with Crippen LogP contribution in [0.3, 0.4) is 0 Å². The van der Waals surface area contributed by atoms with Crippen LogP contribution in [0, 0.1) is 0 Å². The van der Waals surface area contributed by atoms with Gasteiger partial charge in [-0.1, -0.05) is 30.3 Å². The SMILES string of the molecule is O=C(NCc1ccccc1OC(F)F)c1c[nH]c2ccccc2c1=O. The molecule has 0 aliphatic carbocycles. The van der Waals surface area contributed by atoms with Crippen molar-refractivity contribution in [2.24, 2.45) is 0 Å². The van der Waals surface area contributed by atoms with E-state index in [1.807, 2.05) is 0 Å². The van der Waals surface area contributed by atoms with Crippen molar-refractivity contribution >= 4 is 16.8 Å². The van der Waals surface area contributed by atoms with Crippen molar-refractivity contribution in [3.63, 3.8) is 0 Å². The van der Waals surface area contributed by atoms with Gasteiger partial charge in [-0.2, -0.15) is 8.78 Å². The van der Waals surface area contributed by atoms with Gasteiger partial charge in [-0.05, 0) is 18.2 Å². The number of benzene rings is 2. The van der Waals surface area contributed by atoms with Crippen LogP contribution in [0.5, 0.6) is 5.75 Å². The summed E-state index contributed by atoms with van der Waals surface area (Å²) in [6.07, 6.45) is 1.33. The monoisotopic (exact) mass is 344 g/mol. The van der Waals surface area contributed by atoms with E-state index in [1.165, 1.54) is 12.3 Å². The number of aromatic nitrogens is 1. The summed E-state index contributed by atoms with van der Waals surface area (Å²) in [5.74, 6) is -0.621. The van der Waals surface area contributed by atoms with E-state index < -0.39 is 17.9 Å². The minimum Gasteiger partial charge on any atom is -0.434 e. The number of alkyl halides is 2. The van der Waals surface area contributed by atoms with Gasteiger partial charge in [-0.25, -0.2) is 0 Å². The molecule has 2 N–H and O–H groups in total. The predicted octanol–water partition coefficient (Wildman–Crippen LogP) is 3.06. The van der Waals surface area contributed by atoms with E-state index in [9.17, 15) is 18.4 Å². The zero-order valence-corrected chi connectivity index (χ0v) is 13.0. The van der Waals surface area contributed by atoms with Gasteiger partial charge < -0.3 is 15.0 Å². The predicted molar refractivity (Wildman–Crippen MR) is 88.8 cm³/mol. The van der Waals surface area contributed by atoms with Gasteiger partial charge >= 0.3 is 6.61 Å². The van der Waals surface area contributed by atoms with E-state index in [0.29, 0.717) is 16.5 Å². The van der Waals surface area contributed by atoms with Gasteiger partial charge in [0.1, 0.15) is 11.3 Å². The Bertz CT molecular complexity index is 970. The molecule has 0 atom stereocenters. The molecule has 7 heteroatoms. The van der Waals surface area contributed by atoms with Crippen LogP contribution in [0.15, 0.2) is 59.5 Å². The van der Waals surface area contributed by atoms with Gasteiger partial charge in [0, 0.05) is 29.2 Å². The molecule has 5 nitrogen and oxygen atoms in total. The highest BCUT2D eigenvalue weighted by Crippen LogP contribution is 2.20. The van der Waals surface area contributed by atoms with Crippen LogP contribution in [0.4, 0.5) is 8.78 Å². The molecule has 3 aromatic rings. The number of nitrogens with one attached hydrogen (secondary N) is 2. The zero-order valence-electron chi connectivity index (χ0n) is 13.0. The van der Waals surface area contributed by atoms with Crippen molar-refractivity contribution in [3.8, 4) is 5.75 Å². The number of hydrogen-bond acceptors (Lipinski definition) is 3. The Kier molecular flexibility index (Phi) is 4.74. The number of para-hydroxylation sites is 2. The van der Waals surface area contributed by atoms with Crippen LogP contribution < -0.4 is 15.5 Å². The van der Waals surface area contributed by atoms with Crippen LogP contribution >= 0.6 is 0 Å². The van der Waals surface area contributed by atoms with Crippen molar-refractivity contribution in [1.29, 1.82) is 0 Å². The summed E-state index contributed by atoms with van der Waals surface area (Å²) in [6, 6.07) is 13.0. The average molecular weight is 344 g/mol. The number of hydrogen-bond donors (Lipinski definition) is 2. The van der Waals surface area contributed by atoms with E-state index in [2.05, 4.69) is 15.0 Å². The minimum absolute atomic E-state index is 0.0229. The number of pyridine rings is 1. The molecule has 0 saturated heterocycles. The first-order chi connectivity index (χ1) is 12.1. The number of halogens is 2. The molecule has 0 aliphatic heterocycles. The van der Waals surface area contributed by atoms with Crippen molar-refractivity contribution in [1.82, 2.24) is 10.3 Å². The number of carbonyl (C=O) groups is 1. The standard InChI is InChI=1S/C18H14F2N2O3/c19-18(20)25-15-8-4-1-5-11(15)9-22-17(24)13-10-21-14-7-3-2-6-12(14)16(13)23/h1-8,10,18H,9H2,(H,21,23)(H,22,24). The number of fused-ring (bicyclic) bond motifs is 1. The van der Waals surface area contributed by atoms with Crippen molar-refractivity contribution < 1.29 is 18.3 Å². The second-order valence-electron chi connectivity index (χ2n) is 5.25. The van der Waals surface area contributed by atoms with Gasteiger partial charge in [0.25, 0.3) is 5.91 Å². The van der Waals surface area contributed by atoms with Gasteiger partial charge in [0.15, 0.2) is 0 Å². The Hall–Kier alpha value is -3.22. The Balaban J connectivity index is 1.80. The van der Waals surface area contributed by atoms with Crippen LogP contribution in [-0.4, -0.2) is 17.5 Å². The molecular weight excluding hydrogens is 330 g/mol. The molecular formula is C18H14F2N2O3. The van der Waals surface area contributed by atoms with Crippen molar-refractivity contribution in [2.45, 2.75) is 13.2 Å². The lowest BCUT2D eigenvalue weighted by atomic mass is 10.1. The Labute approximate surface area is 141 Å². The number of H-pyrrole nitrogens is 1. The maximum absolute atomic E-state index is 12.4. The quantitative estimate of drug-likeness (QED) is 0.747. The molecule has 128 valence electrons. The van der Waals surface area contributed by atoms with E-state index in [1.54, 1.807) is 42.5 Å². The van der Waals surface area contributed by atoms with Gasteiger partial charge in [0.2, 0.25) is 5.43 Å². The molecule has 3 rings (SSSR count). The highest BCUT2D eigenvalue weighted by Gasteiger charge is 2.14. The number of amides is 1. The summed E-state index contributed by atoms with van der Waals surface area (Å²) >= 11 is 0. The summed E-state index contributed by atoms with van der Waals surface area (Å²) in [5, 5.41) is 2.95. The fraction of sp³-hybridized carbons (Fsp3) is 0.111. The molecule has 0 saturated carbocycles. The van der Waals surface area contributed by atoms with Crippen LogP contribution in [-0.2, 0) is 6.54 Å². The van der Waals surface area contributed by atoms with Crippen molar-refractivity contribution in [3.05, 3.63) is 76.1 Å². The third-order valence-corrected chi connectivity index (χ3v) is 3.66. The Morgan fingerprint density at radius 2 is 1.84 bits per heavy atom. The van der Waals surface area contributed by atoms with Gasteiger partial charge in [0.05, 0.1) is 0 Å². The topological polar surface area (TPSA) is 71.2 Å². The lowest BCUT2D eigenvalue weighted by Gasteiger charge is -2.11. The second kappa shape index (κ2) is 7.12. The van der Waals surface area contributed by atoms with Crippen LogP contribution in [0.2, 0.25) is 0 Å². The molecule has 1 heterocycles. The average Bonchev–Trinajstić information content (AvgIpc) is 2.61. The zero-order chi connectivity index (χ0) is 17.8. The van der Waals surface area contributed by atoms with Gasteiger partial charge in [-0.15, -0.1) is 0 Å². The third kappa shape index (κ3) is 3.65. The van der Waals surface area contributed by atoms with Crippen LogP contribution in [0.1, 0.15) is 15.9 Å². The van der Waals surface area contributed by atoms with Crippen LogP contribution in [0.25, 0.3) is 10.9 Å². The number of aromatic amines is 1. The molecule has 1 amide bonds. The van der Waals surface area contributed by atoms with E-state index >= 15 is 0 Å². The summed E-state index contributed by atoms with van der Waals surface area (Å²) in [5.41, 5.74) is 0.558. The Morgan fingerprint density at radius 1 is 1.12 bits per heavy atom. The first-order valence-electron chi connectivity index (χ1n) is 7.47. The lowest BCUT2D eigenvalue weighted by molar-refractivity contribution is -0.0504. The van der Waals surface area contributed by atoms with E-state index in [-0.39, 0.29) is 17.9 Å². The van der Waals surface area contributed by atoms with Crippen molar-refractivity contribution in [2.75, 3.05) is 0 Å². The largest absolute Gasteiger partial charge is 0.434 e. The molecule has 0 fully saturated rings. The normalized spacial score (nSPS) is 10.8. The number of carbonyl (C=O) groups excluding carboxylic acids is 1. The highest BCUT2D eigenvalue weighted by molar-refractivity contribution is 5.97. The Morgan fingerprint density at radius 3 is 2.64 bits per heavy atom.